The average molecular weight is 268 g/mol. The third-order valence-corrected chi connectivity index (χ3v) is 3.75. The van der Waals surface area contributed by atoms with Crippen LogP contribution in [0.4, 0.5) is 0 Å². The summed E-state index contributed by atoms with van der Waals surface area (Å²) in [7, 11) is 0. The van der Waals surface area contributed by atoms with Crippen LogP contribution in [0.5, 0.6) is 5.75 Å². The Morgan fingerprint density at radius 2 is 1.80 bits per heavy atom. The van der Waals surface area contributed by atoms with E-state index in [1.165, 1.54) is 0 Å². The van der Waals surface area contributed by atoms with Gasteiger partial charge in [-0.3, -0.25) is 4.79 Å². The van der Waals surface area contributed by atoms with Gasteiger partial charge in [-0.05, 0) is 30.0 Å². The maximum atomic E-state index is 11.6. The van der Waals surface area contributed by atoms with Crippen LogP contribution in [0, 0.1) is 0 Å². The predicted molar refractivity (Wildman–Crippen MR) is 76.0 cm³/mol. The van der Waals surface area contributed by atoms with Crippen LogP contribution in [0.1, 0.15) is 23.5 Å². The zero-order valence-electron chi connectivity index (χ0n) is 11.0. The van der Waals surface area contributed by atoms with Gasteiger partial charge >= 0.3 is 5.97 Å². The predicted octanol–water partition coefficient (Wildman–Crippen LogP) is 3.25. The van der Waals surface area contributed by atoms with Crippen molar-refractivity contribution in [1.82, 2.24) is 0 Å². The number of hydrogen-bond acceptors (Lipinski definition) is 2. The summed E-state index contributed by atoms with van der Waals surface area (Å²) in [5, 5.41) is 9.55. The summed E-state index contributed by atoms with van der Waals surface area (Å²) in [5.74, 6) is -0.643. The molecule has 1 N–H and O–H groups in total. The molecular weight excluding hydrogens is 252 g/mol. The number of aryl methyl sites for hydroxylation is 1. The average Bonchev–Trinajstić information content (AvgIpc) is 2.48. The number of fused-ring (bicyclic) bond motifs is 1. The van der Waals surface area contributed by atoms with Gasteiger partial charge in [-0.2, -0.15) is 0 Å². The maximum Gasteiger partial charge on any atom is 0.314 e. The monoisotopic (exact) mass is 268 g/mol. The summed E-state index contributed by atoms with van der Waals surface area (Å²) < 4.78 is 5.93. The lowest BCUT2D eigenvalue weighted by atomic mass is 9.88. The van der Waals surface area contributed by atoms with Crippen molar-refractivity contribution < 1.29 is 14.6 Å². The molecule has 0 spiro atoms. The fraction of sp³-hybridized carbons (Fsp3) is 0.235. The maximum absolute atomic E-state index is 11.6. The Bertz CT molecular complexity index is 607. The van der Waals surface area contributed by atoms with Crippen LogP contribution in [-0.4, -0.2) is 17.2 Å². The minimum Gasteiger partial charge on any atom is -0.489 e. The zero-order chi connectivity index (χ0) is 13.9. The Hall–Kier alpha value is -2.29. The molecule has 0 saturated carbocycles. The lowest BCUT2D eigenvalue weighted by molar-refractivity contribution is -0.141. The van der Waals surface area contributed by atoms with Gasteiger partial charge in [-0.1, -0.05) is 48.5 Å². The quantitative estimate of drug-likeness (QED) is 0.929. The van der Waals surface area contributed by atoms with Crippen LogP contribution in [0.2, 0.25) is 0 Å². The Morgan fingerprint density at radius 3 is 2.55 bits per heavy atom. The van der Waals surface area contributed by atoms with Crippen molar-refractivity contribution in [2.45, 2.75) is 24.9 Å². The molecule has 0 fully saturated rings. The summed E-state index contributed by atoms with van der Waals surface area (Å²) in [6, 6.07) is 17.2. The van der Waals surface area contributed by atoms with E-state index in [2.05, 4.69) is 0 Å². The van der Waals surface area contributed by atoms with Gasteiger partial charge in [0.1, 0.15) is 17.8 Å². The number of ether oxygens (including phenoxy) is 1. The number of carboxylic acid groups (broad SMARTS) is 1. The number of benzene rings is 2. The fourth-order valence-electron chi connectivity index (χ4n) is 2.76. The van der Waals surface area contributed by atoms with E-state index in [1.807, 2.05) is 54.6 Å². The van der Waals surface area contributed by atoms with Crippen molar-refractivity contribution in [3.8, 4) is 5.75 Å². The first-order chi connectivity index (χ1) is 9.75. The van der Waals surface area contributed by atoms with E-state index in [-0.39, 0.29) is 6.10 Å². The summed E-state index contributed by atoms with van der Waals surface area (Å²) >= 11 is 0. The number of rotatable bonds is 3. The lowest BCUT2D eigenvalue weighted by Gasteiger charge is -2.30. The molecule has 0 amide bonds. The molecule has 3 rings (SSSR count). The lowest BCUT2D eigenvalue weighted by Crippen LogP contribution is -2.34. The van der Waals surface area contributed by atoms with E-state index >= 15 is 0 Å². The van der Waals surface area contributed by atoms with Crippen molar-refractivity contribution in [3.63, 3.8) is 0 Å². The zero-order valence-corrected chi connectivity index (χ0v) is 11.0. The molecule has 0 radical (unpaired) electrons. The van der Waals surface area contributed by atoms with Gasteiger partial charge in [0.25, 0.3) is 0 Å². The van der Waals surface area contributed by atoms with Crippen molar-refractivity contribution in [3.05, 3.63) is 65.7 Å². The van der Waals surface area contributed by atoms with E-state index in [4.69, 9.17) is 4.74 Å². The van der Waals surface area contributed by atoms with Gasteiger partial charge in [0.2, 0.25) is 0 Å². The Labute approximate surface area is 117 Å². The summed E-state index contributed by atoms with van der Waals surface area (Å²) in [5.41, 5.74) is 1.95. The molecule has 2 aromatic carbocycles. The topological polar surface area (TPSA) is 46.5 Å². The summed E-state index contributed by atoms with van der Waals surface area (Å²) in [4.78, 5) is 11.6. The van der Waals surface area contributed by atoms with Gasteiger partial charge in [0.15, 0.2) is 0 Å². The van der Waals surface area contributed by atoms with E-state index in [0.29, 0.717) is 0 Å². The molecule has 102 valence electrons. The van der Waals surface area contributed by atoms with Crippen molar-refractivity contribution in [1.29, 1.82) is 0 Å². The van der Waals surface area contributed by atoms with E-state index in [9.17, 15) is 9.90 Å². The molecule has 0 aromatic heterocycles. The molecular formula is C17H16O3. The molecule has 0 bridgehead atoms. The molecule has 1 aliphatic rings. The van der Waals surface area contributed by atoms with Gasteiger partial charge in [-0.15, -0.1) is 0 Å². The van der Waals surface area contributed by atoms with Gasteiger partial charge in [0.05, 0.1) is 0 Å². The summed E-state index contributed by atoms with van der Waals surface area (Å²) in [6.07, 6.45) is 1.27. The second-order valence-electron chi connectivity index (χ2n) is 5.03. The molecule has 3 heteroatoms. The first-order valence-corrected chi connectivity index (χ1v) is 6.78. The summed E-state index contributed by atoms with van der Waals surface area (Å²) in [6.45, 7) is 0. The Kier molecular flexibility index (Phi) is 3.42. The van der Waals surface area contributed by atoms with E-state index in [0.717, 1.165) is 29.7 Å². The highest BCUT2D eigenvalue weighted by Gasteiger charge is 2.33. The molecule has 2 atom stereocenters. The normalized spacial score (nSPS) is 18.7. The highest BCUT2D eigenvalue weighted by atomic mass is 16.5. The third kappa shape index (κ3) is 2.39. The van der Waals surface area contributed by atoms with Crippen LogP contribution < -0.4 is 4.74 Å². The Morgan fingerprint density at radius 1 is 1.10 bits per heavy atom. The molecule has 0 aliphatic carbocycles. The fourth-order valence-corrected chi connectivity index (χ4v) is 2.76. The molecule has 1 aliphatic heterocycles. The molecule has 0 saturated heterocycles. The van der Waals surface area contributed by atoms with Gasteiger partial charge in [-0.25, -0.2) is 0 Å². The van der Waals surface area contributed by atoms with Gasteiger partial charge < -0.3 is 9.84 Å². The number of carboxylic acids is 1. The van der Waals surface area contributed by atoms with E-state index < -0.39 is 11.9 Å². The molecule has 20 heavy (non-hydrogen) atoms. The van der Waals surface area contributed by atoms with Crippen molar-refractivity contribution >= 4 is 5.97 Å². The Balaban J connectivity index is 1.89. The van der Waals surface area contributed by atoms with Gasteiger partial charge in [0, 0.05) is 0 Å². The van der Waals surface area contributed by atoms with Crippen LogP contribution in [0.25, 0.3) is 0 Å². The van der Waals surface area contributed by atoms with Crippen LogP contribution in [0.3, 0.4) is 0 Å². The van der Waals surface area contributed by atoms with Crippen molar-refractivity contribution in [2.24, 2.45) is 0 Å². The standard InChI is InChI=1S/C17H16O3/c18-17(19)16(13-7-2-1-3-8-13)15-11-10-12-6-4-5-9-14(12)20-15/h1-9,15-16H,10-11H2,(H,18,19). The number of carbonyl (C=O) groups is 1. The van der Waals surface area contributed by atoms with E-state index in [1.54, 1.807) is 0 Å². The second kappa shape index (κ2) is 5.37. The smallest absolute Gasteiger partial charge is 0.314 e. The largest absolute Gasteiger partial charge is 0.489 e. The van der Waals surface area contributed by atoms with Crippen LogP contribution in [-0.2, 0) is 11.2 Å². The number of aliphatic carboxylic acids is 1. The first kappa shape index (κ1) is 12.7. The minimum absolute atomic E-state index is 0.315. The third-order valence-electron chi connectivity index (χ3n) is 3.75. The second-order valence-corrected chi connectivity index (χ2v) is 5.03. The molecule has 2 aromatic rings. The SMILES string of the molecule is O=C(O)C(c1ccccc1)C1CCc2ccccc2O1. The molecule has 2 unspecified atom stereocenters. The highest BCUT2D eigenvalue weighted by molar-refractivity contribution is 5.77. The first-order valence-electron chi connectivity index (χ1n) is 6.78. The number of hydrogen-bond donors (Lipinski definition) is 1. The van der Waals surface area contributed by atoms with Crippen LogP contribution in [0.15, 0.2) is 54.6 Å². The van der Waals surface area contributed by atoms with Crippen molar-refractivity contribution in [2.75, 3.05) is 0 Å². The number of para-hydroxylation sites is 1. The highest BCUT2D eigenvalue weighted by Crippen LogP contribution is 2.33. The molecule has 3 nitrogen and oxygen atoms in total. The van der Waals surface area contributed by atoms with Crippen LogP contribution >= 0.6 is 0 Å². The minimum atomic E-state index is -0.833. The molecule has 1 heterocycles.